The monoisotopic (exact) mass is 378 g/mol. The zero-order chi connectivity index (χ0) is 19.3. The number of thioether (sulfide) groups is 1. The van der Waals surface area contributed by atoms with E-state index in [-0.39, 0.29) is 0 Å². The molecule has 0 bridgehead atoms. The smallest absolute Gasteiger partial charge is 0.101 e. The van der Waals surface area contributed by atoms with Crippen LogP contribution >= 0.6 is 11.8 Å². The van der Waals surface area contributed by atoms with Gasteiger partial charge in [-0.2, -0.15) is 10.5 Å². The molecule has 27 heavy (non-hydrogen) atoms. The van der Waals surface area contributed by atoms with Crippen LogP contribution in [0.5, 0.6) is 0 Å². The highest BCUT2D eigenvalue weighted by Gasteiger charge is 2.05. The van der Waals surface area contributed by atoms with Crippen LogP contribution in [-0.4, -0.2) is 5.75 Å². The Bertz CT molecular complexity index is 798. The molecule has 3 heteroatoms. The summed E-state index contributed by atoms with van der Waals surface area (Å²) in [5.74, 6) is 1.14. The summed E-state index contributed by atoms with van der Waals surface area (Å²) in [6, 6.07) is 14.2. The number of hydrogen-bond donors (Lipinski definition) is 0. The maximum absolute atomic E-state index is 9.19. The van der Waals surface area contributed by atoms with Crippen molar-refractivity contribution in [3.8, 4) is 12.1 Å². The van der Waals surface area contributed by atoms with Gasteiger partial charge in [0.1, 0.15) is 12.1 Å². The largest absolute Gasteiger partial charge is 0.192 e. The third kappa shape index (κ3) is 7.28. The highest BCUT2D eigenvalue weighted by atomic mass is 32.2. The van der Waals surface area contributed by atoms with Crippen molar-refractivity contribution < 1.29 is 0 Å². The molecule has 0 N–H and O–H groups in total. The molecule has 0 fully saturated rings. The Morgan fingerprint density at radius 3 is 1.85 bits per heavy atom. The SMILES string of the molecule is CCCCCCCCCCCCSc1ccc2cc(C#N)c(C#N)cc2c1. The molecule has 2 aromatic rings. The fraction of sp³-hybridized carbons (Fsp3) is 0.500. The maximum Gasteiger partial charge on any atom is 0.101 e. The van der Waals surface area contributed by atoms with Crippen molar-refractivity contribution in [1.29, 1.82) is 10.5 Å². The summed E-state index contributed by atoms with van der Waals surface area (Å²) in [7, 11) is 0. The van der Waals surface area contributed by atoms with Gasteiger partial charge >= 0.3 is 0 Å². The molecule has 0 atom stereocenters. The van der Waals surface area contributed by atoms with Gasteiger partial charge < -0.3 is 0 Å². The van der Waals surface area contributed by atoms with E-state index in [2.05, 4.69) is 37.3 Å². The second-order valence-electron chi connectivity index (χ2n) is 7.16. The Morgan fingerprint density at radius 2 is 1.26 bits per heavy atom. The van der Waals surface area contributed by atoms with Crippen molar-refractivity contribution in [2.45, 2.75) is 76.0 Å². The average molecular weight is 379 g/mol. The number of benzene rings is 2. The molecule has 0 aliphatic carbocycles. The van der Waals surface area contributed by atoms with E-state index in [0.29, 0.717) is 11.1 Å². The minimum Gasteiger partial charge on any atom is -0.192 e. The summed E-state index contributed by atoms with van der Waals surface area (Å²) in [5.41, 5.74) is 0.914. The van der Waals surface area contributed by atoms with Crippen molar-refractivity contribution in [1.82, 2.24) is 0 Å². The molecule has 142 valence electrons. The lowest BCUT2D eigenvalue weighted by atomic mass is 10.0. The summed E-state index contributed by atoms with van der Waals surface area (Å²) < 4.78 is 0. The van der Waals surface area contributed by atoms with E-state index in [1.54, 1.807) is 0 Å². The molecule has 0 unspecified atom stereocenters. The first-order valence-electron chi connectivity index (χ1n) is 10.3. The van der Waals surface area contributed by atoms with Crippen LogP contribution in [0.25, 0.3) is 10.8 Å². The van der Waals surface area contributed by atoms with Gasteiger partial charge in [-0.25, -0.2) is 0 Å². The van der Waals surface area contributed by atoms with Gasteiger partial charge in [0.15, 0.2) is 0 Å². The van der Waals surface area contributed by atoms with E-state index in [9.17, 15) is 5.26 Å². The summed E-state index contributed by atoms with van der Waals surface area (Å²) in [6.07, 6.45) is 13.7. The molecule has 2 nitrogen and oxygen atoms in total. The molecule has 0 saturated heterocycles. The molecule has 0 aliphatic rings. The average Bonchev–Trinajstić information content (AvgIpc) is 2.70. The van der Waals surface area contributed by atoms with Gasteiger partial charge in [0.2, 0.25) is 0 Å². The van der Waals surface area contributed by atoms with Crippen LogP contribution in [0.15, 0.2) is 35.2 Å². The van der Waals surface area contributed by atoms with Gasteiger partial charge in [-0.3, -0.25) is 0 Å². The van der Waals surface area contributed by atoms with Crippen molar-refractivity contribution >= 4 is 22.5 Å². The lowest BCUT2D eigenvalue weighted by molar-refractivity contribution is 0.563. The molecule has 0 saturated carbocycles. The highest BCUT2D eigenvalue weighted by molar-refractivity contribution is 7.99. The predicted octanol–water partition coefficient (Wildman–Crippen LogP) is 7.60. The summed E-state index contributed by atoms with van der Waals surface area (Å²) in [6.45, 7) is 2.27. The minimum atomic E-state index is 0.454. The number of hydrogen-bond acceptors (Lipinski definition) is 3. The third-order valence-corrected chi connectivity index (χ3v) is 6.04. The molecule has 2 aromatic carbocycles. The Labute approximate surface area is 168 Å². The normalized spacial score (nSPS) is 10.6. The summed E-state index contributed by atoms with van der Waals surface area (Å²) >= 11 is 1.89. The second kappa shape index (κ2) is 12.4. The van der Waals surface area contributed by atoms with Gasteiger partial charge in [0.05, 0.1) is 11.1 Å². The van der Waals surface area contributed by atoms with E-state index in [1.807, 2.05) is 23.9 Å². The van der Waals surface area contributed by atoms with Crippen LogP contribution in [0.2, 0.25) is 0 Å². The zero-order valence-corrected chi connectivity index (χ0v) is 17.3. The first kappa shape index (κ1) is 21.3. The van der Waals surface area contributed by atoms with Crippen molar-refractivity contribution in [3.63, 3.8) is 0 Å². The molecule has 0 amide bonds. The molecular formula is C24H30N2S. The standard InChI is InChI=1S/C24H30N2S/c1-2-3-4-5-6-7-8-9-10-11-14-27-24-13-12-20-15-22(18-25)23(19-26)16-21(20)17-24/h12-13,15-17H,2-11,14H2,1H3. The maximum atomic E-state index is 9.19. The van der Waals surface area contributed by atoms with Crippen molar-refractivity contribution in [3.05, 3.63) is 41.5 Å². The topological polar surface area (TPSA) is 47.6 Å². The minimum absolute atomic E-state index is 0.454. The Kier molecular flexibility index (Phi) is 9.81. The van der Waals surface area contributed by atoms with Crippen LogP contribution in [0.1, 0.15) is 82.3 Å². The van der Waals surface area contributed by atoms with Crippen LogP contribution in [0.3, 0.4) is 0 Å². The first-order chi connectivity index (χ1) is 13.3. The fourth-order valence-corrected chi connectivity index (χ4v) is 4.29. The van der Waals surface area contributed by atoms with Crippen LogP contribution < -0.4 is 0 Å². The third-order valence-electron chi connectivity index (χ3n) is 4.96. The van der Waals surface area contributed by atoms with E-state index < -0.39 is 0 Å². The highest BCUT2D eigenvalue weighted by Crippen LogP contribution is 2.27. The van der Waals surface area contributed by atoms with Gasteiger partial charge in [0.25, 0.3) is 0 Å². The van der Waals surface area contributed by atoms with E-state index in [1.165, 1.54) is 69.1 Å². The van der Waals surface area contributed by atoms with E-state index in [4.69, 9.17) is 5.26 Å². The van der Waals surface area contributed by atoms with Gasteiger partial charge in [-0.15, -0.1) is 11.8 Å². The van der Waals surface area contributed by atoms with Crippen molar-refractivity contribution in [2.24, 2.45) is 0 Å². The number of fused-ring (bicyclic) bond motifs is 1. The van der Waals surface area contributed by atoms with Crippen molar-refractivity contribution in [2.75, 3.05) is 5.75 Å². The number of rotatable bonds is 12. The Morgan fingerprint density at radius 1 is 0.704 bits per heavy atom. The number of nitrogens with zero attached hydrogens (tertiary/aromatic N) is 2. The lowest BCUT2D eigenvalue weighted by Crippen LogP contribution is -1.86. The van der Waals surface area contributed by atoms with Crippen LogP contribution in [0, 0.1) is 22.7 Å². The quantitative estimate of drug-likeness (QED) is 0.282. The van der Waals surface area contributed by atoms with E-state index >= 15 is 0 Å². The van der Waals surface area contributed by atoms with Crippen LogP contribution in [0.4, 0.5) is 0 Å². The van der Waals surface area contributed by atoms with E-state index in [0.717, 1.165) is 16.5 Å². The lowest BCUT2D eigenvalue weighted by Gasteiger charge is -2.06. The Balaban J connectivity index is 1.68. The molecule has 0 aromatic heterocycles. The molecule has 0 radical (unpaired) electrons. The summed E-state index contributed by atoms with van der Waals surface area (Å²) in [4.78, 5) is 1.24. The summed E-state index contributed by atoms with van der Waals surface area (Å²) in [5, 5.41) is 20.4. The van der Waals surface area contributed by atoms with Gasteiger partial charge in [0, 0.05) is 4.90 Å². The second-order valence-corrected chi connectivity index (χ2v) is 8.33. The van der Waals surface area contributed by atoms with Gasteiger partial charge in [-0.05, 0) is 47.2 Å². The molecule has 0 aliphatic heterocycles. The molecule has 2 rings (SSSR count). The fourth-order valence-electron chi connectivity index (χ4n) is 3.33. The first-order valence-corrected chi connectivity index (χ1v) is 11.3. The predicted molar refractivity (Wildman–Crippen MR) is 116 cm³/mol. The van der Waals surface area contributed by atoms with Crippen LogP contribution in [-0.2, 0) is 0 Å². The Hall–Kier alpha value is -1.97. The molecule has 0 spiro atoms. The van der Waals surface area contributed by atoms with Gasteiger partial charge in [-0.1, -0.05) is 70.8 Å². The molecular weight excluding hydrogens is 348 g/mol. The molecule has 0 heterocycles. The number of unbranched alkanes of at least 4 members (excludes halogenated alkanes) is 9. The number of nitriles is 2. The zero-order valence-electron chi connectivity index (χ0n) is 16.5.